The van der Waals surface area contributed by atoms with Crippen LogP contribution in [0.25, 0.3) is 11.0 Å². The summed E-state index contributed by atoms with van der Waals surface area (Å²) in [5.74, 6) is 1.51. The molecule has 3 aromatic heterocycles. The number of nitrogens with zero attached hydrogens (tertiary/aromatic N) is 5. The van der Waals surface area contributed by atoms with Crippen LogP contribution in [0.1, 0.15) is 56.5 Å². The van der Waals surface area contributed by atoms with Crippen LogP contribution in [0, 0.1) is 12.8 Å². The van der Waals surface area contributed by atoms with Crippen LogP contribution in [0.4, 0.5) is 5.82 Å². The number of hydrogen-bond donors (Lipinski definition) is 1. The maximum atomic E-state index is 6.80. The van der Waals surface area contributed by atoms with Crippen molar-refractivity contribution < 1.29 is 0 Å². The Morgan fingerprint density at radius 3 is 2.89 bits per heavy atom. The third-order valence-electron chi connectivity index (χ3n) is 5.42. The number of rotatable bonds is 5. The van der Waals surface area contributed by atoms with Crippen molar-refractivity contribution in [2.24, 2.45) is 5.92 Å². The average Bonchev–Trinajstić information content (AvgIpc) is 3.32. The Balaban J connectivity index is 1.79. The largest absolute Gasteiger partial charge is 0.349 e. The van der Waals surface area contributed by atoms with Crippen molar-refractivity contribution in [1.29, 1.82) is 0 Å². The summed E-state index contributed by atoms with van der Waals surface area (Å²) in [6, 6.07) is 0.205. The van der Waals surface area contributed by atoms with Crippen molar-refractivity contribution in [2.45, 2.75) is 59.5 Å². The van der Waals surface area contributed by atoms with E-state index < -0.39 is 0 Å². The van der Waals surface area contributed by atoms with E-state index in [4.69, 9.17) is 16.7 Å². The van der Waals surface area contributed by atoms with E-state index in [2.05, 4.69) is 47.5 Å². The predicted molar refractivity (Wildman–Crippen MR) is 109 cm³/mol. The van der Waals surface area contributed by atoms with Gasteiger partial charge in [0.15, 0.2) is 0 Å². The van der Waals surface area contributed by atoms with Gasteiger partial charge in [0, 0.05) is 24.8 Å². The van der Waals surface area contributed by atoms with Crippen molar-refractivity contribution in [3.8, 4) is 0 Å². The van der Waals surface area contributed by atoms with Crippen LogP contribution in [0.3, 0.4) is 0 Å². The fourth-order valence-electron chi connectivity index (χ4n) is 4.24. The Bertz CT molecular complexity index is 957. The zero-order valence-corrected chi connectivity index (χ0v) is 17.2. The molecule has 27 heavy (non-hydrogen) atoms. The van der Waals surface area contributed by atoms with Crippen molar-refractivity contribution >= 4 is 28.5 Å². The molecule has 0 bridgehead atoms. The van der Waals surface area contributed by atoms with Crippen LogP contribution in [-0.4, -0.2) is 31.3 Å². The molecule has 0 spiro atoms. The first-order chi connectivity index (χ1) is 13.0. The lowest BCUT2D eigenvalue weighted by Gasteiger charge is -2.26. The molecule has 7 heteroatoms. The van der Waals surface area contributed by atoms with Gasteiger partial charge in [-0.05, 0) is 37.7 Å². The molecule has 0 radical (unpaired) electrons. The molecule has 0 aromatic carbocycles. The first-order valence-corrected chi connectivity index (χ1v) is 10.2. The topological polar surface area (TPSA) is 62.6 Å². The molecular weight excluding hydrogens is 360 g/mol. The van der Waals surface area contributed by atoms with Crippen LogP contribution >= 0.6 is 11.6 Å². The number of aromatic nitrogens is 5. The molecule has 3 aromatic rings. The summed E-state index contributed by atoms with van der Waals surface area (Å²) in [7, 11) is 0. The molecule has 0 aliphatic carbocycles. The molecule has 1 fully saturated rings. The number of anilines is 1. The summed E-state index contributed by atoms with van der Waals surface area (Å²) in [5, 5.41) is 6.63. The van der Waals surface area contributed by atoms with Crippen molar-refractivity contribution in [2.75, 3.05) is 11.4 Å². The van der Waals surface area contributed by atoms with Crippen LogP contribution in [-0.2, 0) is 13.0 Å². The number of aryl methyl sites for hydroxylation is 2. The normalized spacial score (nSPS) is 17.6. The van der Waals surface area contributed by atoms with E-state index in [0.29, 0.717) is 5.92 Å². The van der Waals surface area contributed by atoms with Gasteiger partial charge in [-0.15, -0.1) is 0 Å². The quantitative estimate of drug-likeness (QED) is 0.691. The zero-order valence-electron chi connectivity index (χ0n) is 16.5. The van der Waals surface area contributed by atoms with E-state index in [1.807, 2.05) is 10.9 Å². The molecule has 0 saturated carbocycles. The van der Waals surface area contributed by atoms with E-state index in [0.717, 1.165) is 65.6 Å². The van der Waals surface area contributed by atoms with Gasteiger partial charge in [0.25, 0.3) is 0 Å². The molecule has 1 N–H and O–H groups in total. The number of H-pyrrole nitrogens is 1. The molecule has 1 aliphatic heterocycles. The first-order valence-electron chi connectivity index (χ1n) is 9.81. The summed E-state index contributed by atoms with van der Waals surface area (Å²) < 4.78 is 1.96. The summed E-state index contributed by atoms with van der Waals surface area (Å²) in [6.07, 6.45) is 6.83. The Morgan fingerprint density at radius 2 is 2.15 bits per heavy atom. The molecule has 1 atom stereocenters. The number of hydrogen-bond acceptors (Lipinski definition) is 4. The lowest BCUT2D eigenvalue weighted by atomic mass is 10.1. The third kappa shape index (κ3) is 3.10. The van der Waals surface area contributed by atoms with Crippen molar-refractivity contribution in [3.05, 3.63) is 34.5 Å². The second kappa shape index (κ2) is 7.15. The maximum Gasteiger partial charge on any atom is 0.143 e. The van der Waals surface area contributed by atoms with Crippen LogP contribution in [0.15, 0.2) is 12.5 Å². The third-order valence-corrected chi connectivity index (χ3v) is 5.82. The SMILES string of the molecule is CCc1c[nH]c2ncnc(N3CCCC3c3c(C)nn(CC(C)C)c3Cl)c12. The highest BCUT2D eigenvalue weighted by atomic mass is 35.5. The Morgan fingerprint density at radius 1 is 1.33 bits per heavy atom. The minimum absolute atomic E-state index is 0.205. The fraction of sp³-hybridized carbons (Fsp3) is 0.550. The van der Waals surface area contributed by atoms with Gasteiger partial charge in [0.2, 0.25) is 0 Å². The number of fused-ring (bicyclic) bond motifs is 1. The lowest BCUT2D eigenvalue weighted by molar-refractivity contribution is 0.481. The first kappa shape index (κ1) is 18.3. The molecule has 1 saturated heterocycles. The van der Waals surface area contributed by atoms with E-state index in [1.165, 1.54) is 5.56 Å². The molecule has 4 heterocycles. The Kier molecular flexibility index (Phi) is 4.84. The van der Waals surface area contributed by atoms with Crippen LogP contribution in [0.5, 0.6) is 0 Å². The highest BCUT2D eigenvalue weighted by molar-refractivity contribution is 6.30. The van der Waals surface area contributed by atoms with E-state index in [-0.39, 0.29) is 6.04 Å². The van der Waals surface area contributed by atoms with Gasteiger partial charge in [0.05, 0.1) is 17.1 Å². The molecule has 6 nitrogen and oxygen atoms in total. The predicted octanol–water partition coefficient (Wildman–Crippen LogP) is 4.68. The van der Waals surface area contributed by atoms with Crippen molar-refractivity contribution in [1.82, 2.24) is 24.7 Å². The number of aromatic amines is 1. The minimum atomic E-state index is 0.205. The van der Waals surface area contributed by atoms with Gasteiger partial charge in [-0.2, -0.15) is 5.10 Å². The smallest absolute Gasteiger partial charge is 0.143 e. The van der Waals surface area contributed by atoms with Gasteiger partial charge in [-0.3, -0.25) is 4.68 Å². The molecule has 1 unspecified atom stereocenters. The molecular formula is C20H27ClN6. The summed E-state index contributed by atoms with van der Waals surface area (Å²) >= 11 is 6.80. The molecule has 4 rings (SSSR count). The average molecular weight is 387 g/mol. The zero-order chi connectivity index (χ0) is 19.1. The van der Waals surface area contributed by atoms with E-state index in [1.54, 1.807) is 6.33 Å². The van der Waals surface area contributed by atoms with Crippen LogP contribution in [0.2, 0.25) is 5.15 Å². The van der Waals surface area contributed by atoms with E-state index >= 15 is 0 Å². The van der Waals surface area contributed by atoms with Crippen LogP contribution < -0.4 is 4.90 Å². The summed E-state index contributed by atoms with van der Waals surface area (Å²) in [6.45, 7) is 10.4. The Hall–Kier alpha value is -2.08. The highest BCUT2D eigenvalue weighted by Gasteiger charge is 2.33. The standard InChI is InChI=1S/C20H27ClN6/c1-5-14-9-22-19-17(14)20(24-11-23-19)26-8-6-7-15(26)16-13(4)25-27(18(16)21)10-12(2)3/h9,11-12,15H,5-8,10H2,1-4H3,(H,22,23,24). The number of nitrogens with one attached hydrogen (secondary N) is 1. The molecule has 1 aliphatic rings. The Labute approximate surface area is 164 Å². The highest BCUT2D eigenvalue weighted by Crippen LogP contribution is 2.42. The van der Waals surface area contributed by atoms with Crippen molar-refractivity contribution in [3.63, 3.8) is 0 Å². The lowest BCUT2D eigenvalue weighted by Crippen LogP contribution is -2.24. The van der Waals surface area contributed by atoms with Gasteiger partial charge in [0.1, 0.15) is 22.9 Å². The second-order valence-electron chi connectivity index (χ2n) is 7.81. The van der Waals surface area contributed by atoms with Gasteiger partial charge < -0.3 is 9.88 Å². The fourth-order valence-corrected chi connectivity index (χ4v) is 4.61. The monoisotopic (exact) mass is 386 g/mol. The number of halogens is 1. The molecule has 0 amide bonds. The van der Waals surface area contributed by atoms with Gasteiger partial charge >= 0.3 is 0 Å². The molecule has 144 valence electrons. The second-order valence-corrected chi connectivity index (χ2v) is 8.16. The summed E-state index contributed by atoms with van der Waals surface area (Å²) in [4.78, 5) is 14.8. The van der Waals surface area contributed by atoms with E-state index in [9.17, 15) is 0 Å². The van der Waals surface area contributed by atoms with Gasteiger partial charge in [-0.25, -0.2) is 9.97 Å². The minimum Gasteiger partial charge on any atom is -0.349 e. The maximum absolute atomic E-state index is 6.80. The summed E-state index contributed by atoms with van der Waals surface area (Å²) in [5.41, 5.74) is 4.33. The van der Waals surface area contributed by atoms with Gasteiger partial charge in [-0.1, -0.05) is 32.4 Å².